The van der Waals surface area contributed by atoms with Gasteiger partial charge in [0.05, 0.1) is 13.0 Å². The maximum atomic E-state index is 13.5. The summed E-state index contributed by atoms with van der Waals surface area (Å²) in [6, 6.07) is 18.9. The van der Waals surface area contributed by atoms with E-state index < -0.39 is 18.1 Å². The largest absolute Gasteiger partial charge is 0.496 e. The second kappa shape index (κ2) is 9.10. The number of hydrogen-bond donors (Lipinski definition) is 0. The quantitative estimate of drug-likeness (QED) is 0.464. The molecule has 4 rings (SSSR count). The maximum absolute atomic E-state index is 13.5. The van der Waals surface area contributed by atoms with Crippen molar-refractivity contribution in [3.05, 3.63) is 94.0 Å². The van der Waals surface area contributed by atoms with Gasteiger partial charge in [-0.05, 0) is 62.6 Å². The molecular weight excluding hydrogens is 414 g/mol. The number of nitrogens with zero attached hydrogens (tertiary/aromatic N) is 1. The number of aryl methyl sites for hydroxylation is 1. The van der Waals surface area contributed by atoms with Gasteiger partial charge in [-0.25, -0.2) is 4.79 Å². The molecule has 1 amide bonds. The summed E-state index contributed by atoms with van der Waals surface area (Å²) in [4.78, 5) is 28.4. The van der Waals surface area contributed by atoms with E-state index in [1.807, 2.05) is 88.4 Å². The van der Waals surface area contributed by atoms with Gasteiger partial charge in [-0.3, -0.25) is 9.69 Å². The summed E-state index contributed by atoms with van der Waals surface area (Å²) >= 11 is 0. The number of anilines is 1. The summed E-state index contributed by atoms with van der Waals surface area (Å²) < 4.78 is 11.5. The molecule has 5 heteroatoms. The van der Waals surface area contributed by atoms with Gasteiger partial charge in [-0.1, -0.05) is 48.0 Å². The number of carbonyl (C=O) groups is 2. The fraction of sp³-hybridized carbons (Fsp3) is 0.286. The van der Waals surface area contributed by atoms with E-state index in [1.54, 1.807) is 12.0 Å². The molecule has 0 fully saturated rings. The first-order valence-electron chi connectivity index (χ1n) is 11.2. The molecule has 33 heavy (non-hydrogen) atoms. The first-order chi connectivity index (χ1) is 15.9. The number of methoxy groups -OCH3 is 1. The number of amides is 1. The highest BCUT2D eigenvalue weighted by Crippen LogP contribution is 2.47. The topological polar surface area (TPSA) is 55.8 Å². The SMILES string of the molecule is CCN(C(=O)OC1c2ccccc2C(=O)C1c1ccc(OC)c(C)c1C)c1ccc(C)cc1. The van der Waals surface area contributed by atoms with Gasteiger partial charge in [0.25, 0.3) is 0 Å². The number of carbonyl (C=O) groups excluding carboxylic acids is 2. The van der Waals surface area contributed by atoms with Crippen LogP contribution in [0.1, 0.15) is 57.1 Å². The lowest BCUT2D eigenvalue weighted by molar-refractivity contribution is 0.0764. The molecule has 1 aliphatic rings. The molecule has 0 N–H and O–H groups in total. The summed E-state index contributed by atoms with van der Waals surface area (Å²) in [6.07, 6.45) is -1.17. The Hall–Kier alpha value is -3.60. The molecule has 5 nitrogen and oxygen atoms in total. The van der Waals surface area contributed by atoms with Gasteiger partial charge >= 0.3 is 6.09 Å². The normalized spacial score (nSPS) is 16.9. The van der Waals surface area contributed by atoms with E-state index in [9.17, 15) is 9.59 Å². The summed E-state index contributed by atoms with van der Waals surface area (Å²) in [7, 11) is 1.63. The summed E-state index contributed by atoms with van der Waals surface area (Å²) in [5, 5.41) is 0. The number of fused-ring (bicyclic) bond motifs is 1. The molecule has 0 radical (unpaired) electrons. The van der Waals surface area contributed by atoms with Gasteiger partial charge in [0, 0.05) is 23.4 Å². The summed E-state index contributed by atoms with van der Waals surface area (Å²) in [6.45, 7) is 8.32. The molecule has 3 aromatic carbocycles. The summed E-state index contributed by atoms with van der Waals surface area (Å²) in [5.41, 5.74) is 6.01. The lowest BCUT2D eigenvalue weighted by Gasteiger charge is -2.27. The van der Waals surface area contributed by atoms with E-state index in [1.165, 1.54) is 0 Å². The van der Waals surface area contributed by atoms with Gasteiger partial charge < -0.3 is 9.47 Å². The Morgan fingerprint density at radius 3 is 2.27 bits per heavy atom. The van der Waals surface area contributed by atoms with Crippen molar-refractivity contribution in [2.24, 2.45) is 0 Å². The van der Waals surface area contributed by atoms with Crippen LogP contribution in [-0.4, -0.2) is 25.5 Å². The smallest absolute Gasteiger partial charge is 0.414 e. The first-order valence-corrected chi connectivity index (χ1v) is 11.2. The number of ether oxygens (including phenoxy) is 2. The fourth-order valence-corrected chi connectivity index (χ4v) is 4.58. The molecule has 0 spiro atoms. The van der Waals surface area contributed by atoms with Crippen LogP contribution < -0.4 is 9.64 Å². The van der Waals surface area contributed by atoms with Crippen LogP contribution in [0.25, 0.3) is 0 Å². The van der Waals surface area contributed by atoms with Crippen molar-refractivity contribution in [1.29, 1.82) is 0 Å². The van der Waals surface area contributed by atoms with E-state index in [-0.39, 0.29) is 5.78 Å². The third-order valence-corrected chi connectivity index (χ3v) is 6.56. The van der Waals surface area contributed by atoms with Gasteiger partial charge in [-0.2, -0.15) is 0 Å². The Kier molecular flexibility index (Phi) is 6.23. The Morgan fingerprint density at radius 2 is 1.61 bits per heavy atom. The van der Waals surface area contributed by atoms with Crippen LogP contribution in [0.4, 0.5) is 10.5 Å². The Bertz CT molecular complexity index is 1200. The summed E-state index contributed by atoms with van der Waals surface area (Å²) in [5.74, 6) is 0.131. The van der Waals surface area contributed by atoms with E-state index in [0.717, 1.165) is 39.3 Å². The molecule has 170 valence electrons. The lowest BCUT2D eigenvalue weighted by atomic mass is 9.87. The molecule has 3 aromatic rings. The van der Waals surface area contributed by atoms with Crippen LogP contribution in [0.3, 0.4) is 0 Å². The van der Waals surface area contributed by atoms with Gasteiger partial charge in [0.15, 0.2) is 5.78 Å². The standard InChI is InChI=1S/C28H29NO4/c1-6-29(20-13-11-17(2)12-14-20)28(31)33-27-23-10-8-7-9-22(23)26(30)25(27)21-15-16-24(32-5)19(4)18(21)3/h7-16,25,27H,6H2,1-5H3. The van der Waals surface area contributed by atoms with Crippen molar-refractivity contribution >= 4 is 17.6 Å². The number of rotatable bonds is 5. The molecule has 2 unspecified atom stereocenters. The van der Waals surface area contributed by atoms with Crippen LogP contribution in [0.15, 0.2) is 60.7 Å². The average Bonchev–Trinajstić information content (AvgIpc) is 3.09. The molecule has 0 heterocycles. The minimum absolute atomic E-state index is 0.0329. The van der Waals surface area contributed by atoms with E-state index >= 15 is 0 Å². The van der Waals surface area contributed by atoms with Gasteiger partial charge in [-0.15, -0.1) is 0 Å². The Balaban J connectivity index is 1.74. The number of Topliss-reactive ketones (excluding diaryl/α,β-unsaturated/α-hetero) is 1. The van der Waals surface area contributed by atoms with Crippen molar-refractivity contribution in [2.75, 3.05) is 18.6 Å². The molecule has 2 atom stereocenters. The number of hydrogen-bond acceptors (Lipinski definition) is 4. The molecule has 0 saturated carbocycles. The van der Waals surface area contributed by atoms with Crippen molar-refractivity contribution < 1.29 is 19.1 Å². The zero-order chi connectivity index (χ0) is 23.7. The second-order valence-corrected chi connectivity index (χ2v) is 8.42. The number of benzene rings is 3. The lowest BCUT2D eigenvalue weighted by Crippen LogP contribution is -2.33. The fourth-order valence-electron chi connectivity index (χ4n) is 4.58. The van der Waals surface area contributed by atoms with E-state index in [2.05, 4.69) is 0 Å². The van der Waals surface area contributed by atoms with E-state index in [4.69, 9.17) is 9.47 Å². The highest BCUT2D eigenvalue weighted by molar-refractivity contribution is 6.06. The van der Waals surface area contributed by atoms with Crippen LogP contribution in [0.5, 0.6) is 5.75 Å². The third-order valence-electron chi connectivity index (χ3n) is 6.56. The molecular formula is C28H29NO4. The predicted octanol–water partition coefficient (Wildman–Crippen LogP) is 6.30. The molecule has 0 aromatic heterocycles. The van der Waals surface area contributed by atoms with Crippen molar-refractivity contribution in [3.63, 3.8) is 0 Å². The van der Waals surface area contributed by atoms with Crippen LogP contribution in [0.2, 0.25) is 0 Å². The Labute approximate surface area is 194 Å². The van der Waals surface area contributed by atoms with Crippen molar-refractivity contribution in [2.45, 2.75) is 39.7 Å². The zero-order valence-corrected chi connectivity index (χ0v) is 19.7. The third kappa shape index (κ3) is 3.99. The predicted molar refractivity (Wildman–Crippen MR) is 129 cm³/mol. The minimum atomic E-state index is -0.702. The molecule has 0 bridgehead atoms. The monoisotopic (exact) mass is 443 g/mol. The van der Waals surface area contributed by atoms with Gasteiger partial charge in [0.1, 0.15) is 11.9 Å². The van der Waals surface area contributed by atoms with Crippen molar-refractivity contribution in [3.8, 4) is 5.75 Å². The van der Waals surface area contributed by atoms with Crippen LogP contribution >= 0.6 is 0 Å². The molecule has 0 aliphatic heterocycles. The van der Waals surface area contributed by atoms with Crippen molar-refractivity contribution in [1.82, 2.24) is 0 Å². The van der Waals surface area contributed by atoms with Crippen LogP contribution in [0, 0.1) is 20.8 Å². The first kappa shape index (κ1) is 22.6. The highest BCUT2D eigenvalue weighted by Gasteiger charge is 2.44. The second-order valence-electron chi connectivity index (χ2n) is 8.42. The zero-order valence-electron chi connectivity index (χ0n) is 19.7. The number of ketones is 1. The van der Waals surface area contributed by atoms with Crippen LogP contribution in [-0.2, 0) is 4.74 Å². The average molecular weight is 444 g/mol. The minimum Gasteiger partial charge on any atom is -0.496 e. The highest BCUT2D eigenvalue weighted by atomic mass is 16.6. The Morgan fingerprint density at radius 1 is 0.909 bits per heavy atom. The maximum Gasteiger partial charge on any atom is 0.414 e. The molecule has 0 saturated heterocycles. The van der Waals surface area contributed by atoms with Gasteiger partial charge in [0.2, 0.25) is 0 Å². The molecule has 1 aliphatic carbocycles. The van der Waals surface area contributed by atoms with E-state index in [0.29, 0.717) is 12.1 Å².